The van der Waals surface area contributed by atoms with Crippen LogP contribution in [0.2, 0.25) is 0 Å². The van der Waals surface area contributed by atoms with Gasteiger partial charge in [-0.15, -0.1) is 0 Å². The van der Waals surface area contributed by atoms with Crippen LogP contribution >= 0.6 is 0 Å². The summed E-state index contributed by atoms with van der Waals surface area (Å²) < 4.78 is 0. The lowest BCUT2D eigenvalue weighted by Crippen LogP contribution is -2.45. The van der Waals surface area contributed by atoms with E-state index >= 15 is 0 Å². The number of nitrogens with zero attached hydrogens (tertiary/aromatic N) is 2. The molecule has 0 spiro atoms. The number of hydrogen-bond donors (Lipinski definition) is 1. The molecular weight excluding hydrogens is 320 g/mol. The van der Waals surface area contributed by atoms with Crippen LogP contribution in [0, 0.1) is 5.92 Å². The van der Waals surface area contributed by atoms with Crippen LogP contribution in [0.5, 0.6) is 0 Å². The smallest absolute Gasteiger partial charge is 0.306 e. The molecule has 0 atom stereocenters. The van der Waals surface area contributed by atoms with E-state index in [1.54, 1.807) is 11.9 Å². The molecule has 1 N–H and O–H groups in total. The fourth-order valence-electron chi connectivity index (χ4n) is 2.97. The molecule has 2 amide bonds. The monoisotopic (exact) mass is 346 g/mol. The third-order valence-corrected chi connectivity index (χ3v) is 4.78. The molecule has 0 radical (unpaired) electrons. The number of likely N-dealkylation sites (tertiary alicyclic amines) is 1. The maximum atomic E-state index is 12.3. The summed E-state index contributed by atoms with van der Waals surface area (Å²) in [6.45, 7) is 3.00. The Hall–Kier alpha value is -2.37. The highest BCUT2D eigenvalue weighted by Gasteiger charge is 2.27. The molecule has 1 aromatic carbocycles. The van der Waals surface area contributed by atoms with Gasteiger partial charge in [-0.2, -0.15) is 0 Å². The van der Waals surface area contributed by atoms with Gasteiger partial charge < -0.3 is 14.9 Å². The van der Waals surface area contributed by atoms with Gasteiger partial charge in [-0.1, -0.05) is 31.2 Å². The Bertz CT molecular complexity index is 619. The molecule has 6 nitrogen and oxygen atoms in total. The maximum Gasteiger partial charge on any atom is 0.306 e. The highest BCUT2D eigenvalue weighted by molar-refractivity contribution is 5.85. The number of carbonyl (C=O) groups excluding carboxylic acids is 2. The standard InChI is InChI=1S/C19H26N2O4/c1-3-14-4-6-15(7-5-14)12-17(22)20(2)13-18(23)21-10-8-16(9-11-21)19(24)25/h4-7,16H,3,8-13H2,1-2H3,(H,24,25). The van der Waals surface area contributed by atoms with E-state index in [0.29, 0.717) is 25.9 Å². The van der Waals surface area contributed by atoms with Crippen LogP contribution in [0.1, 0.15) is 30.9 Å². The first-order chi connectivity index (χ1) is 11.9. The zero-order valence-electron chi connectivity index (χ0n) is 14.9. The van der Waals surface area contributed by atoms with Crippen LogP contribution in [0.4, 0.5) is 0 Å². The van der Waals surface area contributed by atoms with Crippen molar-refractivity contribution >= 4 is 17.8 Å². The Morgan fingerprint density at radius 1 is 1.12 bits per heavy atom. The number of rotatable bonds is 6. The highest BCUT2D eigenvalue weighted by Crippen LogP contribution is 2.17. The Morgan fingerprint density at radius 3 is 2.20 bits per heavy atom. The van der Waals surface area contributed by atoms with Gasteiger partial charge in [0.2, 0.25) is 11.8 Å². The molecular formula is C19H26N2O4. The van der Waals surface area contributed by atoms with Gasteiger partial charge in [0.15, 0.2) is 0 Å². The van der Waals surface area contributed by atoms with Crippen LogP contribution in [0.3, 0.4) is 0 Å². The van der Waals surface area contributed by atoms with Crippen LogP contribution in [-0.2, 0) is 27.2 Å². The molecule has 1 aliphatic rings. The highest BCUT2D eigenvalue weighted by atomic mass is 16.4. The Morgan fingerprint density at radius 2 is 1.68 bits per heavy atom. The molecule has 25 heavy (non-hydrogen) atoms. The molecule has 1 fully saturated rings. The van der Waals surface area contributed by atoms with Gasteiger partial charge in [-0.25, -0.2) is 0 Å². The number of hydrogen-bond acceptors (Lipinski definition) is 3. The van der Waals surface area contributed by atoms with Crippen molar-refractivity contribution in [2.45, 2.75) is 32.6 Å². The quantitative estimate of drug-likeness (QED) is 0.848. The summed E-state index contributed by atoms with van der Waals surface area (Å²) in [5, 5.41) is 9.00. The third-order valence-electron chi connectivity index (χ3n) is 4.78. The van der Waals surface area contributed by atoms with Crippen LogP contribution < -0.4 is 0 Å². The minimum Gasteiger partial charge on any atom is -0.481 e. The van der Waals surface area contributed by atoms with Crippen LogP contribution in [0.25, 0.3) is 0 Å². The summed E-state index contributed by atoms with van der Waals surface area (Å²) in [5.41, 5.74) is 2.16. The molecule has 0 bridgehead atoms. The second-order valence-corrected chi connectivity index (χ2v) is 6.59. The van der Waals surface area contributed by atoms with Crippen molar-refractivity contribution in [1.29, 1.82) is 0 Å². The largest absolute Gasteiger partial charge is 0.481 e. The number of amides is 2. The number of aryl methyl sites for hydroxylation is 1. The first-order valence-electron chi connectivity index (χ1n) is 8.73. The number of carboxylic acids is 1. The lowest BCUT2D eigenvalue weighted by atomic mass is 9.97. The van der Waals surface area contributed by atoms with E-state index in [2.05, 4.69) is 6.92 Å². The Kier molecular flexibility index (Phi) is 6.56. The molecule has 136 valence electrons. The minimum atomic E-state index is -0.798. The Balaban J connectivity index is 1.81. The van der Waals surface area contributed by atoms with E-state index < -0.39 is 5.97 Å². The van der Waals surface area contributed by atoms with E-state index in [1.807, 2.05) is 24.3 Å². The summed E-state index contributed by atoms with van der Waals surface area (Å²) in [7, 11) is 1.63. The third kappa shape index (κ3) is 5.31. The van der Waals surface area contributed by atoms with Gasteiger partial charge in [0.1, 0.15) is 0 Å². The summed E-state index contributed by atoms with van der Waals surface area (Å²) in [6, 6.07) is 7.92. The predicted molar refractivity (Wildman–Crippen MR) is 94.1 cm³/mol. The van der Waals surface area contributed by atoms with Crippen molar-refractivity contribution in [3.05, 3.63) is 35.4 Å². The molecule has 0 unspecified atom stereocenters. The second kappa shape index (κ2) is 8.65. The van der Waals surface area contributed by atoms with Crippen molar-refractivity contribution in [3.63, 3.8) is 0 Å². The number of carboxylic acid groups (broad SMARTS) is 1. The van der Waals surface area contributed by atoms with Crippen molar-refractivity contribution in [2.75, 3.05) is 26.7 Å². The molecule has 1 heterocycles. The summed E-state index contributed by atoms with van der Waals surface area (Å²) in [4.78, 5) is 38.7. The van der Waals surface area contributed by atoms with Crippen molar-refractivity contribution in [3.8, 4) is 0 Å². The molecule has 1 aromatic rings. The fraction of sp³-hybridized carbons (Fsp3) is 0.526. The number of aliphatic carboxylic acids is 1. The van der Waals surface area contributed by atoms with E-state index in [4.69, 9.17) is 5.11 Å². The van der Waals surface area contributed by atoms with Gasteiger partial charge in [-0.05, 0) is 30.4 Å². The van der Waals surface area contributed by atoms with Gasteiger partial charge in [0, 0.05) is 20.1 Å². The van der Waals surface area contributed by atoms with E-state index in [0.717, 1.165) is 12.0 Å². The number of benzene rings is 1. The normalized spacial score (nSPS) is 15.0. The predicted octanol–water partition coefficient (Wildman–Crippen LogP) is 1.57. The van der Waals surface area contributed by atoms with Crippen LogP contribution in [0.15, 0.2) is 24.3 Å². The van der Waals surface area contributed by atoms with Gasteiger partial charge in [-0.3, -0.25) is 14.4 Å². The maximum absolute atomic E-state index is 12.3. The molecule has 0 saturated carbocycles. The van der Waals surface area contributed by atoms with Crippen molar-refractivity contribution < 1.29 is 19.5 Å². The molecule has 0 aliphatic carbocycles. The molecule has 6 heteroatoms. The molecule has 2 rings (SSSR count). The fourth-order valence-corrected chi connectivity index (χ4v) is 2.97. The summed E-state index contributed by atoms with van der Waals surface area (Å²) >= 11 is 0. The average molecular weight is 346 g/mol. The van der Waals surface area contributed by atoms with Gasteiger partial charge in [0.05, 0.1) is 18.9 Å². The number of carbonyl (C=O) groups is 3. The van der Waals surface area contributed by atoms with Crippen molar-refractivity contribution in [2.24, 2.45) is 5.92 Å². The number of likely N-dealkylation sites (N-methyl/N-ethyl adjacent to an activating group) is 1. The summed E-state index contributed by atoms with van der Waals surface area (Å²) in [5.74, 6) is -1.39. The SMILES string of the molecule is CCc1ccc(CC(=O)N(C)CC(=O)N2CCC(C(=O)O)CC2)cc1. The van der Waals surface area contributed by atoms with E-state index in [1.165, 1.54) is 10.5 Å². The van der Waals surface area contributed by atoms with E-state index in [-0.39, 0.29) is 30.7 Å². The lowest BCUT2D eigenvalue weighted by Gasteiger charge is -2.31. The van der Waals surface area contributed by atoms with E-state index in [9.17, 15) is 14.4 Å². The zero-order chi connectivity index (χ0) is 18.4. The average Bonchev–Trinajstić information content (AvgIpc) is 2.62. The topological polar surface area (TPSA) is 77.9 Å². The minimum absolute atomic E-state index is 0.0314. The second-order valence-electron chi connectivity index (χ2n) is 6.59. The Labute approximate surface area is 148 Å². The van der Waals surface area contributed by atoms with Crippen LogP contribution in [-0.4, -0.2) is 59.4 Å². The molecule has 1 aliphatic heterocycles. The van der Waals surface area contributed by atoms with Crippen molar-refractivity contribution in [1.82, 2.24) is 9.80 Å². The first kappa shape index (κ1) is 19.0. The first-order valence-corrected chi connectivity index (χ1v) is 8.73. The molecule has 0 aromatic heterocycles. The lowest BCUT2D eigenvalue weighted by molar-refractivity contribution is -0.146. The summed E-state index contributed by atoms with van der Waals surface area (Å²) in [6.07, 6.45) is 2.18. The number of piperidine rings is 1. The zero-order valence-corrected chi connectivity index (χ0v) is 14.9. The van der Waals surface area contributed by atoms with Gasteiger partial charge in [0.25, 0.3) is 0 Å². The molecule has 1 saturated heterocycles. The van der Waals surface area contributed by atoms with Gasteiger partial charge >= 0.3 is 5.97 Å².